The fourth-order valence-electron chi connectivity index (χ4n) is 2.50. The molecule has 2 rings (SSSR count). The minimum atomic E-state index is -0.483. The summed E-state index contributed by atoms with van der Waals surface area (Å²) in [7, 11) is 1.59. The van der Waals surface area contributed by atoms with E-state index >= 15 is 0 Å². The standard InChI is InChI=1S/C16H23ClN2O3/c1-3-19(9-14(20)11-21-2)10-15-8-16(18-22-15)12-4-6-13(17)7-5-12/h4-7,14-15,20H,3,8-11H2,1-2H3/t14-,15+/m1/s1. The van der Waals surface area contributed by atoms with E-state index in [9.17, 15) is 5.11 Å². The third kappa shape index (κ3) is 4.95. The molecular weight excluding hydrogens is 304 g/mol. The normalized spacial score (nSPS) is 19.1. The van der Waals surface area contributed by atoms with Gasteiger partial charge in [0.25, 0.3) is 0 Å². The molecule has 0 bridgehead atoms. The average molecular weight is 327 g/mol. The molecule has 1 N–H and O–H groups in total. The van der Waals surface area contributed by atoms with Gasteiger partial charge in [0.1, 0.15) is 6.10 Å². The largest absolute Gasteiger partial charge is 0.390 e. The Morgan fingerprint density at radius 1 is 1.45 bits per heavy atom. The number of benzene rings is 1. The lowest BCUT2D eigenvalue weighted by atomic mass is 10.0. The second kappa shape index (κ2) is 8.48. The summed E-state index contributed by atoms with van der Waals surface area (Å²) in [6.07, 6.45) is 0.293. The highest BCUT2D eigenvalue weighted by atomic mass is 35.5. The fourth-order valence-corrected chi connectivity index (χ4v) is 2.63. The van der Waals surface area contributed by atoms with E-state index in [0.29, 0.717) is 18.2 Å². The van der Waals surface area contributed by atoms with Crippen molar-refractivity contribution in [3.05, 3.63) is 34.9 Å². The topological polar surface area (TPSA) is 54.3 Å². The summed E-state index contributed by atoms with van der Waals surface area (Å²) in [6, 6.07) is 7.61. The quantitative estimate of drug-likeness (QED) is 0.795. The zero-order valence-corrected chi connectivity index (χ0v) is 13.8. The van der Waals surface area contributed by atoms with E-state index in [-0.39, 0.29) is 6.10 Å². The number of oxime groups is 1. The lowest BCUT2D eigenvalue weighted by molar-refractivity contribution is 0.0134. The molecule has 1 aromatic carbocycles. The number of halogens is 1. The molecule has 6 heteroatoms. The first kappa shape index (κ1) is 17.2. The van der Waals surface area contributed by atoms with Crippen molar-refractivity contribution in [2.45, 2.75) is 25.6 Å². The van der Waals surface area contributed by atoms with E-state index in [1.165, 1.54) is 0 Å². The van der Waals surface area contributed by atoms with Crippen molar-refractivity contribution in [1.82, 2.24) is 4.90 Å². The molecule has 0 radical (unpaired) electrons. The van der Waals surface area contributed by atoms with Crippen LogP contribution in [0.15, 0.2) is 29.4 Å². The van der Waals surface area contributed by atoms with Crippen molar-refractivity contribution in [3.8, 4) is 0 Å². The fraction of sp³-hybridized carbons (Fsp3) is 0.562. The highest BCUT2D eigenvalue weighted by Gasteiger charge is 2.24. The molecule has 0 unspecified atom stereocenters. The average Bonchev–Trinajstić information content (AvgIpc) is 2.96. The Balaban J connectivity index is 1.84. The Morgan fingerprint density at radius 3 is 2.82 bits per heavy atom. The third-order valence-corrected chi connectivity index (χ3v) is 3.90. The maximum atomic E-state index is 9.83. The summed E-state index contributed by atoms with van der Waals surface area (Å²) in [5.41, 5.74) is 1.98. The Kier molecular flexibility index (Phi) is 6.64. The Hall–Kier alpha value is -1.14. The van der Waals surface area contributed by atoms with E-state index in [2.05, 4.69) is 17.0 Å². The first-order valence-electron chi connectivity index (χ1n) is 7.50. The number of aliphatic hydroxyl groups excluding tert-OH is 1. The van der Waals surface area contributed by atoms with Gasteiger partial charge in [0.15, 0.2) is 0 Å². The van der Waals surface area contributed by atoms with Crippen LogP contribution in [-0.2, 0) is 9.57 Å². The molecule has 0 aliphatic carbocycles. The van der Waals surface area contributed by atoms with Gasteiger partial charge in [-0.1, -0.05) is 35.8 Å². The maximum Gasteiger partial charge on any atom is 0.145 e. The summed E-state index contributed by atoms with van der Waals surface area (Å²) in [6.45, 7) is 4.55. The molecule has 0 saturated heterocycles. The molecule has 0 aromatic heterocycles. The summed E-state index contributed by atoms with van der Waals surface area (Å²) < 4.78 is 4.96. The van der Waals surface area contributed by atoms with Crippen molar-refractivity contribution >= 4 is 17.3 Å². The number of likely N-dealkylation sites (N-methyl/N-ethyl adjacent to an activating group) is 1. The molecule has 2 atom stereocenters. The van der Waals surface area contributed by atoms with Gasteiger partial charge in [-0.2, -0.15) is 0 Å². The van der Waals surface area contributed by atoms with Gasteiger partial charge in [-0.25, -0.2) is 0 Å². The van der Waals surface area contributed by atoms with E-state index in [0.717, 1.165) is 30.8 Å². The summed E-state index contributed by atoms with van der Waals surface area (Å²) >= 11 is 5.90. The SMILES string of the molecule is CCN(C[C@@H](O)COC)C[C@@H]1CC(c2ccc(Cl)cc2)=NO1. The van der Waals surface area contributed by atoms with Crippen molar-refractivity contribution < 1.29 is 14.7 Å². The van der Waals surface area contributed by atoms with Gasteiger partial charge in [0.05, 0.1) is 18.4 Å². The summed E-state index contributed by atoms with van der Waals surface area (Å²) in [4.78, 5) is 7.67. The van der Waals surface area contributed by atoms with Crippen LogP contribution in [0.25, 0.3) is 0 Å². The van der Waals surface area contributed by atoms with Crippen LogP contribution in [0.1, 0.15) is 18.9 Å². The monoisotopic (exact) mass is 326 g/mol. The first-order valence-corrected chi connectivity index (χ1v) is 7.88. The molecule has 1 aliphatic rings. The highest BCUT2D eigenvalue weighted by Crippen LogP contribution is 2.19. The Labute approximate surface area is 136 Å². The van der Waals surface area contributed by atoms with Crippen LogP contribution in [0.5, 0.6) is 0 Å². The maximum absolute atomic E-state index is 9.83. The van der Waals surface area contributed by atoms with Gasteiger partial charge in [0, 0.05) is 31.6 Å². The van der Waals surface area contributed by atoms with Gasteiger partial charge < -0.3 is 14.7 Å². The molecule has 1 aromatic rings. The second-order valence-electron chi connectivity index (χ2n) is 5.44. The highest BCUT2D eigenvalue weighted by molar-refractivity contribution is 6.30. The number of hydrogen-bond donors (Lipinski definition) is 1. The predicted molar refractivity (Wildman–Crippen MR) is 87.5 cm³/mol. The smallest absolute Gasteiger partial charge is 0.145 e. The number of hydrogen-bond acceptors (Lipinski definition) is 5. The predicted octanol–water partition coefficient (Wildman–Crippen LogP) is 2.16. The van der Waals surface area contributed by atoms with Gasteiger partial charge in [-0.3, -0.25) is 4.90 Å². The van der Waals surface area contributed by atoms with Crippen LogP contribution in [-0.4, -0.2) is 61.3 Å². The van der Waals surface area contributed by atoms with E-state index < -0.39 is 6.10 Å². The van der Waals surface area contributed by atoms with Crippen LogP contribution in [0, 0.1) is 0 Å². The van der Waals surface area contributed by atoms with Gasteiger partial charge in [-0.15, -0.1) is 0 Å². The van der Waals surface area contributed by atoms with Gasteiger partial charge in [-0.05, 0) is 24.2 Å². The molecule has 0 fully saturated rings. The number of rotatable bonds is 8. The molecule has 1 heterocycles. The van der Waals surface area contributed by atoms with Crippen molar-refractivity contribution in [1.29, 1.82) is 0 Å². The Morgan fingerprint density at radius 2 is 2.18 bits per heavy atom. The molecule has 0 amide bonds. The lowest BCUT2D eigenvalue weighted by Crippen LogP contribution is -2.39. The number of aliphatic hydroxyl groups is 1. The zero-order chi connectivity index (χ0) is 15.9. The number of ether oxygens (including phenoxy) is 1. The van der Waals surface area contributed by atoms with Crippen LogP contribution in [0.4, 0.5) is 0 Å². The Bertz CT molecular complexity index is 493. The summed E-state index contributed by atoms with van der Waals surface area (Å²) in [5.74, 6) is 0. The third-order valence-electron chi connectivity index (χ3n) is 3.65. The van der Waals surface area contributed by atoms with E-state index in [4.69, 9.17) is 21.2 Å². The van der Waals surface area contributed by atoms with E-state index in [1.807, 2.05) is 24.3 Å². The van der Waals surface area contributed by atoms with Crippen molar-refractivity contribution in [3.63, 3.8) is 0 Å². The van der Waals surface area contributed by atoms with Crippen LogP contribution in [0.3, 0.4) is 0 Å². The van der Waals surface area contributed by atoms with Crippen LogP contribution < -0.4 is 0 Å². The molecule has 22 heavy (non-hydrogen) atoms. The van der Waals surface area contributed by atoms with Crippen LogP contribution in [0.2, 0.25) is 5.02 Å². The lowest BCUT2D eigenvalue weighted by Gasteiger charge is -2.25. The molecule has 1 aliphatic heterocycles. The second-order valence-corrected chi connectivity index (χ2v) is 5.87. The molecule has 0 spiro atoms. The van der Waals surface area contributed by atoms with Crippen molar-refractivity contribution in [2.75, 3.05) is 33.4 Å². The zero-order valence-electron chi connectivity index (χ0n) is 13.0. The number of methoxy groups -OCH3 is 1. The van der Waals surface area contributed by atoms with Crippen molar-refractivity contribution in [2.24, 2.45) is 5.16 Å². The number of nitrogens with zero attached hydrogens (tertiary/aromatic N) is 2. The molecular formula is C16H23ClN2O3. The molecule has 5 nitrogen and oxygen atoms in total. The van der Waals surface area contributed by atoms with E-state index in [1.54, 1.807) is 7.11 Å². The molecule has 0 saturated carbocycles. The first-order chi connectivity index (χ1) is 10.6. The molecule has 122 valence electrons. The van der Waals surface area contributed by atoms with Gasteiger partial charge in [0.2, 0.25) is 0 Å². The summed E-state index contributed by atoms with van der Waals surface area (Å²) in [5, 5.41) is 14.7. The van der Waals surface area contributed by atoms with Crippen LogP contribution >= 0.6 is 11.6 Å². The minimum Gasteiger partial charge on any atom is -0.390 e. The minimum absolute atomic E-state index is 0.0142. The van der Waals surface area contributed by atoms with Gasteiger partial charge >= 0.3 is 0 Å².